The van der Waals surface area contributed by atoms with Gasteiger partial charge in [-0.15, -0.1) is 0 Å². The molecule has 0 spiro atoms. The molecule has 5 nitrogen and oxygen atoms in total. The lowest BCUT2D eigenvalue weighted by atomic mass is 9.95. The number of hydrogen-bond donors (Lipinski definition) is 1. The van der Waals surface area contributed by atoms with Crippen molar-refractivity contribution in [3.05, 3.63) is 11.8 Å². The highest BCUT2D eigenvalue weighted by Crippen LogP contribution is 2.33. The molecule has 1 amide bonds. The Morgan fingerprint density at radius 1 is 1.43 bits per heavy atom. The summed E-state index contributed by atoms with van der Waals surface area (Å²) in [6, 6.07) is 1.30. The monoisotopic (exact) mass is 320 g/mol. The molecule has 2 aliphatic rings. The van der Waals surface area contributed by atoms with Gasteiger partial charge in [-0.2, -0.15) is 5.10 Å². The van der Waals surface area contributed by atoms with Crippen molar-refractivity contribution in [3.8, 4) is 0 Å². The number of nitrogens with zero attached hydrogens (tertiary/aromatic N) is 3. The second-order valence-corrected chi connectivity index (χ2v) is 6.93. The first kappa shape index (κ1) is 18.0. The molecule has 1 N–H and O–H groups in total. The molecule has 0 radical (unpaired) electrons. The van der Waals surface area contributed by atoms with Gasteiger partial charge in [0.05, 0.1) is 0 Å². The summed E-state index contributed by atoms with van der Waals surface area (Å²) >= 11 is 0. The van der Waals surface area contributed by atoms with E-state index >= 15 is 0 Å². The van der Waals surface area contributed by atoms with Crippen molar-refractivity contribution in [2.45, 2.75) is 71.5 Å². The topological polar surface area (TPSA) is 47.9 Å². The van der Waals surface area contributed by atoms with E-state index in [1.165, 1.54) is 12.0 Å². The average Bonchev–Trinajstić information content (AvgIpc) is 2.95. The second kappa shape index (κ2) is 8.48. The number of carbonyl (C=O) groups excluding carboxylic acids is 1. The lowest BCUT2D eigenvalue weighted by molar-refractivity contribution is -0.110. The SMILES string of the molecule is CCC1C(NC=O)CCC1N(CC)CC1=CN(C(C)C)N=CC1. The largest absolute Gasteiger partial charge is 0.356 e. The molecule has 1 heterocycles. The highest BCUT2D eigenvalue weighted by molar-refractivity contribution is 5.62. The summed E-state index contributed by atoms with van der Waals surface area (Å²) in [5, 5.41) is 9.52. The van der Waals surface area contributed by atoms with Crippen molar-refractivity contribution < 1.29 is 4.79 Å². The summed E-state index contributed by atoms with van der Waals surface area (Å²) in [5.41, 5.74) is 1.43. The fourth-order valence-corrected chi connectivity index (χ4v) is 3.99. The fourth-order valence-electron chi connectivity index (χ4n) is 3.99. The van der Waals surface area contributed by atoms with Gasteiger partial charge in [-0.05, 0) is 51.1 Å². The molecule has 5 heteroatoms. The van der Waals surface area contributed by atoms with Gasteiger partial charge in [0, 0.05) is 43.5 Å². The number of likely N-dealkylation sites (N-methyl/N-ethyl adjacent to an activating group) is 1. The molecular weight excluding hydrogens is 288 g/mol. The molecule has 3 unspecified atom stereocenters. The van der Waals surface area contributed by atoms with Crippen LogP contribution >= 0.6 is 0 Å². The average molecular weight is 320 g/mol. The number of nitrogens with one attached hydrogen (secondary N) is 1. The van der Waals surface area contributed by atoms with Crippen LogP contribution in [0.25, 0.3) is 0 Å². The quantitative estimate of drug-likeness (QED) is 0.699. The highest BCUT2D eigenvalue weighted by atomic mass is 16.1. The van der Waals surface area contributed by atoms with Crippen molar-refractivity contribution >= 4 is 12.6 Å². The van der Waals surface area contributed by atoms with Gasteiger partial charge in [-0.3, -0.25) is 14.7 Å². The van der Waals surface area contributed by atoms with Crippen LogP contribution in [0.4, 0.5) is 0 Å². The third kappa shape index (κ3) is 4.34. The van der Waals surface area contributed by atoms with E-state index in [4.69, 9.17) is 0 Å². The van der Waals surface area contributed by atoms with Crippen molar-refractivity contribution in [2.75, 3.05) is 13.1 Å². The van der Waals surface area contributed by atoms with Crippen LogP contribution in [0.5, 0.6) is 0 Å². The first-order valence-electron chi connectivity index (χ1n) is 9.04. The number of hydrazone groups is 1. The van der Waals surface area contributed by atoms with E-state index < -0.39 is 0 Å². The first-order valence-corrected chi connectivity index (χ1v) is 9.04. The highest BCUT2D eigenvalue weighted by Gasteiger charge is 2.37. The Kier molecular flexibility index (Phi) is 6.63. The van der Waals surface area contributed by atoms with Crippen molar-refractivity contribution in [1.82, 2.24) is 15.2 Å². The number of amides is 1. The van der Waals surface area contributed by atoms with E-state index in [2.05, 4.69) is 54.2 Å². The Morgan fingerprint density at radius 3 is 2.83 bits per heavy atom. The lowest BCUT2D eigenvalue weighted by Gasteiger charge is -2.35. The van der Waals surface area contributed by atoms with Crippen molar-refractivity contribution in [2.24, 2.45) is 11.0 Å². The number of carbonyl (C=O) groups is 1. The molecule has 130 valence electrons. The van der Waals surface area contributed by atoms with Crippen LogP contribution in [0.3, 0.4) is 0 Å². The second-order valence-electron chi connectivity index (χ2n) is 6.93. The van der Waals surface area contributed by atoms with Gasteiger partial charge in [0.2, 0.25) is 6.41 Å². The number of hydrogen-bond acceptors (Lipinski definition) is 4. The van der Waals surface area contributed by atoms with Gasteiger partial charge in [0.15, 0.2) is 0 Å². The molecule has 1 aliphatic heterocycles. The summed E-state index contributed by atoms with van der Waals surface area (Å²) < 4.78 is 0. The summed E-state index contributed by atoms with van der Waals surface area (Å²) in [6.45, 7) is 10.8. The molecule has 0 aromatic heterocycles. The van der Waals surface area contributed by atoms with Gasteiger partial charge >= 0.3 is 0 Å². The molecule has 0 aromatic carbocycles. The first-order chi connectivity index (χ1) is 11.1. The summed E-state index contributed by atoms with van der Waals surface area (Å²) in [4.78, 5) is 13.4. The van der Waals surface area contributed by atoms with Crippen LogP contribution in [-0.2, 0) is 4.79 Å². The van der Waals surface area contributed by atoms with Crippen LogP contribution in [-0.4, -0.2) is 53.7 Å². The summed E-state index contributed by atoms with van der Waals surface area (Å²) in [6.07, 6.45) is 9.43. The van der Waals surface area contributed by atoms with Crippen LogP contribution in [0, 0.1) is 5.92 Å². The molecule has 1 fully saturated rings. The van der Waals surface area contributed by atoms with Crippen LogP contribution in [0.2, 0.25) is 0 Å². The summed E-state index contributed by atoms with van der Waals surface area (Å²) in [7, 11) is 0. The van der Waals surface area contributed by atoms with E-state index in [0.29, 0.717) is 24.0 Å². The predicted octanol–water partition coefficient (Wildman–Crippen LogP) is 2.60. The normalized spacial score (nSPS) is 27.7. The van der Waals surface area contributed by atoms with E-state index in [9.17, 15) is 4.79 Å². The Labute approximate surface area is 140 Å². The van der Waals surface area contributed by atoms with E-state index in [-0.39, 0.29) is 0 Å². The minimum absolute atomic E-state index is 0.339. The van der Waals surface area contributed by atoms with Crippen LogP contribution < -0.4 is 5.32 Å². The Hall–Kier alpha value is -1.36. The third-order valence-corrected chi connectivity index (χ3v) is 5.23. The van der Waals surface area contributed by atoms with E-state index in [0.717, 1.165) is 38.8 Å². The zero-order valence-corrected chi connectivity index (χ0v) is 15.0. The third-order valence-electron chi connectivity index (χ3n) is 5.23. The van der Waals surface area contributed by atoms with Gasteiger partial charge in [-0.1, -0.05) is 13.8 Å². The zero-order chi connectivity index (χ0) is 16.8. The maximum Gasteiger partial charge on any atom is 0.207 e. The standard InChI is InChI=1S/C18H32N4O/c1-5-16-17(19-13-23)7-8-18(16)21(6-2)11-15-9-10-20-22(12-15)14(3)4/h10,12-14,16-18H,5-9,11H2,1-4H3,(H,19,23). The molecular formula is C18H32N4O. The van der Waals surface area contributed by atoms with Crippen molar-refractivity contribution in [1.29, 1.82) is 0 Å². The molecule has 1 aliphatic carbocycles. The summed E-state index contributed by atoms with van der Waals surface area (Å²) in [5.74, 6) is 0.555. The molecule has 3 atom stereocenters. The maximum atomic E-state index is 10.8. The van der Waals surface area contributed by atoms with Crippen LogP contribution in [0.1, 0.15) is 53.4 Å². The minimum atomic E-state index is 0.339. The fraction of sp³-hybridized carbons (Fsp3) is 0.778. The molecule has 23 heavy (non-hydrogen) atoms. The molecule has 0 aromatic rings. The van der Waals surface area contributed by atoms with Crippen LogP contribution in [0.15, 0.2) is 16.9 Å². The molecule has 1 saturated carbocycles. The number of rotatable bonds is 8. The van der Waals surface area contributed by atoms with Gasteiger partial charge in [0.25, 0.3) is 0 Å². The predicted molar refractivity (Wildman–Crippen MR) is 95.2 cm³/mol. The Balaban J connectivity index is 2.03. The van der Waals surface area contributed by atoms with Gasteiger partial charge in [0.1, 0.15) is 0 Å². The minimum Gasteiger partial charge on any atom is -0.356 e. The smallest absolute Gasteiger partial charge is 0.207 e. The van der Waals surface area contributed by atoms with Crippen molar-refractivity contribution in [3.63, 3.8) is 0 Å². The Morgan fingerprint density at radius 2 is 2.22 bits per heavy atom. The molecule has 0 saturated heterocycles. The zero-order valence-electron chi connectivity index (χ0n) is 15.0. The Bertz CT molecular complexity index is 446. The molecule has 0 bridgehead atoms. The lowest BCUT2D eigenvalue weighted by Crippen LogP contribution is -2.44. The van der Waals surface area contributed by atoms with E-state index in [1.807, 2.05) is 6.21 Å². The molecule has 2 rings (SSSR count). The maximum absolute atomic E-state index is 10.8. The van der Waals surface area contributed by atoms with Gasteiger partial charge < -0.3 is 5.32 Å². The van der Waals surface area contributed by atoms with Gasteiger partial charge in [-0.25, -0.2) is 0 Å². The van der Waals surface area contributed by atoms with E-state index in [1.54, 1.807) is 0 Å².